The van der Waals surface area contributed by atoms with Crippen LogP contribution in [0.1, 0.15) is 39.7 Å². The number of benzene rings is 2. The Hall–Kier alpha value is -3.89. The summed E-state index contributed by atoms with van der Waals surface area (Å²) in [7, 11) is -5.96. The summed E-state index contributed by atoms with van der Waals surface area (Å²) in [6.45, 7) is 8.14. The number of carbonyl (C=O) groups excluding carboxylic acids is 1. The summed E-state index contributed by atoms with van der Waals surface area (Å²) >= 11 is 0. The number of aliphatic carboxylic acids is 2. The summed E-state index contributed by atoms with van der Waals surface area (Å²) in [4.78, 5) is 32.8. The highest BCUT2D eigenvalue weighted by molar-refractivity contribution is 7.89. The molecule has 2 saturated heterocycles. The van der Waals surface area contributed by atoms with E-state index in [0.29, 0.717) is 30.1 Å². The highest BCUT2D eigenvalue weighted by atomic mass is 32.2. The molecular formula is C37H55N2O18PS. The molecule has 4 rings (SSSR count). The predicted octanol–water partition coefficient (Wildman–Crippen LogP) is 2.28. The molecule has 0 radical (unpaired) electrons. The number of carboxylic acid groups (broad SMARTS) is 2. The molecule has 2 fully saturated rings. The third-order valence-corrected chi connectivity index (χ3v) is 12.5. The first-order valence-corrected chi connectivity index (χ1v) is 21.9. The summed E-state index contributed by atoms with van der Waals surface area (Å²) in [5, 5.41) is 46.9. The zero-order chi connectivity index (χ0) is 43.9. The third kappa shape index (κ3) is 15.0. The van der Waals surface area contributed by atoms with E-state index in [1.54, 1.807) is 50.2 Å². The van der Waals surface area contributed by atoms with Gasteiger partial charge in [-0.1, -0.05) is 26.0 Å². The first kappa shape index (κ1) is 49.5. The first-order valence-electron chi connectivity index (χ1n) is 18.8. The largest absolute Gasteiger partial charge is 0.497 e. The van der Waals surface area contributed by atoms with Gasteiger partial charge in [-0.15, -0.1) is 0 Å². The van der Waals surface area contributed by atoms with E-state index in [-0.39, 0.29) is 62.4 Å². The minimum absolute atomic E-state index is 0.0495. The van der Waals surface area contributed by atoms with E-state index < -0.39 is 72.4 Å². The van der Waals surface area contributed by atoms with Crippen LogP contribution in [0.15, 0.2) is 53.4 Å². The van der Waals surface area contributed by atoms with Crippen molar-refractivity contribution in [3.63, 3.8) is 0 Å². The van der Waals surface area contributed by atoms with E-state index in [2.05, 4.69) is 5.32 Å². The van der Waals surface area contributed by atoms with Crippen LogP contribution in [0.2, 0.25) is 0 Å². The van der Waals surface area contributed by atoms with Crippen molar-refractivity contribution < 1.29 is 85.6 Å². The first-order chi connectivity index (χ1) is 27.8. The normalized spacial score (nSPS) is 19.8. The van der Waals surface area contributed by atoms with Crippen molar-refractivity contribution >= 4 is 35.7 Å². The van der Waals surface area contributed by atoms with Crippen LogP contribution in [0.25, 0.3) is 0 Å². The monoisotopic (exact) mass is 878 g/mol. The van der Waals surface area contributed by atoms with E-state index in [0.717, 1.165) is 0 Å². The van der Waals surface area contributed by atoms with Crippen molar-refractivity contribution in [3.8, 4) is 11.5 Å². The molecular weight excluding hydrogens is 823 g/mol. The average molecular weight is 879 g/mol. The highest BCUT2D eigenvalue weighted by Crippen LogP contribution is 2.48. The number of carboxylic acids is 2. The number of aliphatic hydroxyl groups is 3. The molecule has 6 N–H and O–H groups in total. The number of fused-ring (bicyclic) bond motifs is 1. The second kappa shape index (κ2) is 23.2. The summed E-state index contributed by atoms with van der Waals surface area (Å²) in [6.07, 6.45) is -7.00. The van der Waals surface area contributed by atoms with Gasteiger partial charge in [0.25, 0.3) is 0 Å². The SMILES string of the molecule is CCOP(=O)(COc1ccc(C[C@H](NC(=O)OC2CO[C@H]3OCC[C@@H]23)[C@H](O)CN(CC(C)C)S(=O)(=O)c2ccc(OC)cc2)cc1)OCC.O=C(O)[C@H](O)[C@@H](O)C(=O)O. The van der Waals surface area contributed by atoms with Gasteiger partial charge in [0.15, 0.2) is 24.8 Å². The Morgan fingerprint density at radius 3 is 2.00 bits per heavy atom. The lowest BCUT2D eigenvalue weighted by Crippen LogP contribution is -2.51. The summed E-state index contributed by atoms with van der Waals surface area (Å²) in [5.41, 5.74) is 0.705. The Balaban J connectivity index is 0.000000821. The van der Waals surface area contributed by atoms with Crippen molar-refractivity contribution in [2.24, 2.45) is 11.8 Å². The molecule has 0 aliphatic carbocycles. The van der Waals surface area contributed by atoms with Gasteiger partial charge in [0.2, 0.25) is 10.0 Å². The quantitative estimate of drug-likeness (QED) is 0.0925. The van der Waals surface area contributed by atoms with Gasteiger partial charge in [0.05, 0.1) is 56.5 Å². The van der Waals surface area contributed by atoms with Gasteiger partial charge in [-0.25, -0.2) is 22.8 Å². The number of hydrogen-bond acceptors (Lipinski definition) is 16. The number of hydrogen-bond donors (Lipinski definition) is 6. The van der Waals surface area contributed by atoms with Crippen LogP contribution in [0.5, 0.6) is 11.5 Å². The highest BCUT2D eigenvalue weighted by Gasteiger charge is 2.44. The molecule has 7 atom stereocenters. The lowest BCUT2D eigenvalue weighted by molar-refractivity contribution is -0.165. The van der Waals surface area contributed by atoms with Crippen molar-refractivity contribution in [2.75, 3.05) is 53.0 Å². The number of sulfonamides is 1. The van der Waals surface area contributed by atoms with E-state index in [1.807, 2.05) is 13.8 Å². The van der Waals surface area contributed by atoms with Crippen LogP contribution in [-0.2, 0) is 53.9 Å². The number of rotatable bonds is 22. The van der Waals surface area contributed by atoms with Crippen LogP contribution < -0.4 is 14.8 Å². The maximum absolute atomic E-state index is 13.8. The van der Waals surface area contributed by atoms with Gasteiger partial charge in [0.1, 0.15) is 17.6 Å². The number of nitrogens with zero attached hydrogens (tertiary/aromatic N) is 1. The van der Waals surface area contributed by atoms with Gasteiger partial charge in [-0.2, -0.15) is 4.31 Å². The van der Waals surface area contributed by atoms with E-state index >= 15 is 0 Å². The van der Waals surface area contributed by atoms with Crippen LogP contribution in [0.3, 0.4) is 0 Å². The average Bonchev–Trinajstić information content (AvgIpc) is 3.82. The van der Waals surface area contributed by atoms with E-state index in [1.165, 1.54) is 23.5 Å². The van der Waals surface area contributed by atoms with Gasteiger partial charge in [0, 0.05) is 13.1 Å². The molecule has 2 aromatic carbocycles. The molecule has 2 aliphatic rings. The fourth-order valence-corrected chi connectivity index (χ4v) is 8.91. The molecule has 332 valence electrons. The Morgan fingerprint density at radius 2 is 1.47 bits per heavy atom. The maximum Gasteiger partial charge on any atom is 0.407 e. The predicted molar refractivity (Wildman–Crippen MR) is 207 cm³/mol. The van der Waals surface area contributed by atoms with Crippen LogP contribution in [-0.4, -0.2) is 146 Å². The summed E-state index contributed by atoms with van der Waals surface area (Å²) in [5.74, 6) is -2.76. The van der Waals surface area contributed by atoms with Crippen LogP contribution in [0.4, 0.5) is 4.79 Å². The Bertz CT molecular complexity index is 1770. The maximum atomic E-state index is 13.8. The summed E-state index contributed by atoms with van der Waals surface area (Å²) < 4.78 is 79.8. The molecule has 2 aliphatic heterocycles. The number of ether oxygens (including phenoxy) is 5. The fourth-order valence-electron chi connectivity index (χ4n) is 5.97. The van der Waals surface area contributed by atoms with E-state index in [4.69, 9.17) is 53.2 Å². The topological polar surface area (TPSA) is 283 Å². The third-order valence-electron chi connectivity index (χ3n) is 8.89. The van der Waals surface area contributed by atoms with Crippen LogP contribution >= 0.6 is 7.60 Å². The van der Waals surface area contributed by atoms with Crippen molar-refractivity contribution in [2.45, 2.75) is 82.2 Å². The van der Waals surface area contributed by atoms with Gasteiger partial charge in [-0.05, 0) is 74.6 Å². The fraction of sp³-hybridized carbons (Fsp3) is 0.595. The lowest BCUT2D eigenvalue weighted by Gasteiger charge is -2.31. The molecule has 2 heterocycles. The van der Waals surface area contributed by atoms with Crippen molar-refractivity contribution in [1.82, 2.24) is 9.62 Å². The molecule has 0 saturated carbocycles. The van der Waals surface area contributed by atoms with Gasteiger partial charge >= 0.3 is 25.6 Å². The number of alkyl carbamates (subject to hydrolysis) is 1. The molecule has 20 nitrogen and oxygen atoms in total. The molecule has 0 spiro atoms. The zero-order valence-corrected chi connectivity index (χ0v) is 35.2. The minimum Gasteiger partial charge on any atom is -0.497 e. The number of amides is 1. The number of methoxy groups -OCH3 is 1. The molecule has 22 heteroatoms. The second-order valence-electron chi connectivity index (χ2n) is 13.8. The van der Waals surface area contributed by atoms with Gasteiger partial charge in [-0.3, -0.25) is 4.57 Å². The Labute approximate surface area is 342 Å². The number of nitrogens with one attached hydrogen (secondary N) is 1. The van der Waals surface area contributed by atoms with E-state index in [9.17, 15) is 32.5 Å². The van der Waals surface area contributed by atoms with Gasteiger partial charge < -0.3 is 63.6 Å². The number of carbonyl (C=O) groups is 3. The molecule has 0 aromatic heterocycles. The van der Waals surface area contributed by atoms with Crippen molar-refractivity contribution in [3.05, 3.63) is 54.1 Å². The molecule has 1 unspecified atom stereocenters. The summed E-state index contributed by atoms with van der Waals surface area (Å²) in [6, 6.07) is 11.9. The lowest BCUT2D eigenvalue weighted by atomic mass is 10.0. The zero-order valence-electron chi connectivity index (χ0n) is 33.4. The molecule has 59 heavy (non-hydrogen) atoms. The Morgan fingerprint density at radius 1 is 0.898 bits per heavy atom. The number of aliphatic hydroxyl groups excluding tert-OH is 3. The molecule has 2 aromatic rings. The standard InChI is InChI=1S/C33H49N2O12PS.C4H6O6/c1-6-45-48(38,46-7-2)22-44-26-10-8-24(9-11-26)18-29(34-33(37)47-31-21-43-32-28(31)16-17-42-32)30(36)20-35(19-23(3)4)49(39,40)27-14-12-25(41-5)13-15-27;5-1(3(7)8)2(6)4(9)10/h8-15,23,28-32,36H,6-7,16-22H2,1-5H3,(H,34,37);1-2,5-6H,(H,7,8)(H,9,10)/t28-,29-,30+,31?,32+;1-,2-/m01/s1. The molecule has 0 bridgehead atoms. The van der Waals surface area contributed by atoms with Crippen molar-refractivity contribution in [1.29, 1.82) is 0 Å². The molecule has 1 amide bonds. The smallest absolute Gasteiger partial charge is 0.407 e. The second-order valence-corrected chi connectivity index (χ2v) is 17.7. The minimum atomic E-state index is -4.03. The Kier molecular flexibility index (Phi) is 19.5. The van der Waals surface area contributed by atoms with Crippen LogP contribution in [0, 0.1) is 11.8 Å².